The van der Waals surface area contributed by atoms with Crippen LogP contribution in [0.3, 0.4) is 0 Å². The first-order valence-corrected chi connectivity index (χ1v) is 11.8. The van der Waals surface area contributed by atoms with Crippen molar-refractivity contribution in [1.82, 2.24) is 5.01 Å². The van der Waals surface area contributed by atoms with Crippen LogP contribution < -0.4 is 10.1 Å². The van der Waals surface area contributed by atoms with Gasteiger partial charge in [-0.15, -0.1) is 0 Å². The molecule has 174 valence electrons. The third kappa shape index (κ3) is 4.59. The highest BCUT2D eigenvalue weighted by Crippen LogP contribution is 2.43. The van der Waals surface area contributed by atoms with Gasteiger partial charge in [0.25, 0.3) is 0 Å². The van der Waals surface area contributed by atoms with Gasteiger partial charge in [0.1, 0.15) is 12.4 Å². The van der Waals surface area contributed by atoms with E-state index in [1.54, 1.807) is 31.4 Å². The largest absolute Gasteiger partial charge is 0.497 e. The minimum absolute atomic E-state index is 0.0807. The number of rotatable bonds is 6. The summed E-state index contributed by atoms with van der Waals surface area (Å²) in [6.45, 7) is 0.712. The van der Waals surface area contributed by atoms with Gasteiger partial charge in [-0.1, -0.05) is 48.0 Å². The van der Waals surface area contributed by atoms with Crippen LogP contribution in [-0.4, -0.2) is 37.1 Å². The second kappa shape index (κ2) is 9.77. The van der Waals surface area contributed by atoms with E-state index in [0.717, 1.165) is 24.3 Å². The van der Waals surface area contributed by atoms with E-state index >= 15 is 0 Å². The molecule has 0 bridgehead atoms. The number of hydrogen-bond acceptors (Lipinski definition) is 5. The number of ether oxygens (including phenoxy) is 2. The molecule has 2 aliphatic rings. The standard InChI is InChI=1S/C27H26ClN3O3/c1-33-22-13-6-19(7-14-22)26-24-15-8-18-4-2-3-5-23(18)25(24)30-31(26)16-17-34-27(32)29-21-11-9-20(28)10-12-21/h2-7,9-14,24,26H,8,15-17H2,1H3,(H,29,32)/t24-,26+/m1/s1. The lowest BCUT2D eigenvalue weighted by Gasteiger charge is -2.30. The van der Waals surface area contributed by atoms with Crippen molar-refractivity contribution in [3.63, 3.8) is 0 Å². The van der Waals surface area contributed by atoms with Crippen molar-refractivity contribution in [3.8, 4) is 5.75 Å². The lowest BCUT2D eigenvalue weighted by Crippen LogP contribution is -2.31. The van der Waals surface area contributed by atoms with Crippen LogP contribution in [0.25, 0.3) is 0 Å². The fourth-order valence-corrected chi connectivity index (χ4v) is 4.92. The normalized spacial score (nSPS) is 18.5. The van der Waals surface area contributed by atoms with Crippen LogP contribution in [0.5, 0.6) is 5.75 Å². The van der Waals surface area contributed by atoms with Crippen molar-refractivity contribution in [2.45, 2.75) is 18.9 Å². The van der Waals surface area contributed by atoms with E-state index < -0.39 is 6.09 Å². The zero-order valence-corrected chi connectivity index (χ0v) is 19.7. The van der Waals surface area contributed by atoms with E-state index in [-0.39, 0.29) is 18.6 Å². The Hall–Kier alpha value is -3.51. The topological polar surface area (TPSA) is 63.2 Å². The first-order chi connectivity index (χ1) is 16.6. The van der Waals surface area contributed by atoms with Gasteiger partial charge in [-0.05, 0) is 60.4 Å². The number of benzene rings is 3. The summed E-state index contributed by atoms with van der Waals surface area (Å²) in [6.07, 6.45) is 1.55. The molecular weight excluding hydrogens is 450 g/mol. The average Bonchev–Trinajstić information content (AvgIpc) is 3.24. The molecule has 0 saturated carbocycles. The third-order valence-corrected chi connectivity index (χ3v) is 6.66. The van der Waals surface area contributed by atoms with Crippen LogP contribution in [0, 0.1) is 5.92 Å². The van der Waals surface area contributed by atoms with Crippen molar-refractivity contribution in [2.75, 3.05) is 25.6 Å². The molecule has 5 rings (SSSR count). The number of nitrogens with one attached hydrogen (secondary N) is 1. The van der Waals surface area contributed by atoms with E-state index in [2.05, 4.69) is 46.7 Å². The Labute approximate surface area is 204 Å². The molecule has 0 saturated heterocycles. The summed E-state index contributed by atoms with van der Waals surface area (Å²) in [5, 5.41) is 10.4. The number of hydrogen-bond donors (Lipinski definition) is 1. The monoisotopic (exact) mass is 475 g/mol. The van der Waals surface area contributed by atoms with Crippen molar-refractivity contribution in [2.24, 2.45) is 11.0 Å². The van der Waals surface area contributed by atoms with E-state index in [1.165, 1.54) is 16.7 Å². The molecule has 0 unspecified atom stereocenters. The molecule has 1 heterocycles. The number of nitrogens with zero attached hydrogens (tertiary/aromatic N) is 2. The molecule has 0 aromatic heterocycles. The highest BCUT2D eigenvalue weighted by molar-refractivity contribution is 6.30. The van der Waals surface area contributed by atoms with Gasteiger partial charge in [0.2, 0.25) is 0 Å². The molecule has 0 radical (unpaired) electrons. The number of carbonyl (C=O) groups is 1. The number of anilines is 1. The van der Waals surface area contributed by atoms with E-state index in [0.29, 0.717) is 17.3 Å². The first kappa shape index (κ1) is 22.3. The SMILES string of the molecule is COc1ccc([C@H]2[C@@H]3CCc4ccccc4C3=NN2CCOC(=O)Nc2ccc(Cl)cc2)cc1. The maximum Gasteiger partial charge on any atom is 0.411 e. The summed E-state index contributed by atoms with van der Waals surface area (Å²) in [4.78, 5) is 12.3. The molecule has 1 aliphatic carbocycles. The minimum Gasteiger partial charge on any atom is -0.497 e. The van der Waals surface area contributed by atoms with Crippen LogP contribution >= 0.6 is 11.6 Å². The molecule has 0 spiro atoms. The van der Waals surface area contributed by atoms with Crippen LogP contribution in [0.1, 0.15) is 29.2 Å². The maximum atomic E-state index is 12.3. The number of hydrazone groups is 1. The predicted octanol–water partition coefficient (Wildman–Crippen LogP) is 5.92. The zero-order chi connectivity index (χ0) is 23.5. The summed E-state index contributed by atoms with van der Waals surface area (Å²) in [6, 6.07) is 23.7. The predicted molar refractivity (Wildman–Crippen MR) is 134 cm³/mol. The molecule has 6 nitrogen and oxygen atoms in total. The Morgan fingerprint density at radius 3 is 2.62 bits per heavy atom. The van der Waals surface area contributed by atoms with Crippen LogP contribution in [0.2, 0.25) is 5.02 Å². The van der Waals surface area contributed by atoms with Gasteiger partial charge in [-0.25, -0.2) is 4.79 Å². The zero-order valence-electron chi connectivity index (χ0n) is 18.9. The van der Waals surface area contributed by atoms with Gasteiger partial charge in [0.05, 0.1) is 25.4 Å². The van der Waals surface area contributed by atoms with Gasteiger partial charge in [-0.3, -0.25) is 10.3 Å². The van der Waals surface area contributed by atoms with E-state index in [1.807, 2.05) is 12.1 Å². The maximum absolute atomic E-state index is 12.3. The first-order valence-electron chi connectivity index (χ1n) is 11.4. The number of aryl methyl sites for hydroxylation is 1. The van der Waals surface area contributed by atoms with Crippen LogP contribution in [0.4, 0.5) is 10.5 Å². The Kier molecular flexibility index (Phi) is 6.41. The van der Waals surface area contributed by atoms with Crippen molar-refractivity contribution >= 4 is 29.1 Å². The molecule has 1 amide bonds. The molecule has 3 aromatic rings. The second-order valence-corrected chi connectivity index (χ2v) is 8.87. The van der Waals surface area contributed by atoms with Crippen molar-refractivity contribution in [3.05, 3.63) is 94.5 Å². The Morgan fingerprint density at radius 1 is 1.09 bits per heavy atom. The second-order valence-electron chi connectivity index (χ2n) is 8.44. The summed E-state index contributed by atoms with van der Waals surface area (Å²) < 4.78 is 10.8. The molecule has 2 atom stereocenters. The molecule has 3 aromatic carbocycles. The van der Waals surface area contributed by atoms with E-state index in [9.17, 15) is 4.79 Å². The summed E-state index contributed by atoms with van der Waals surface area (Å²) in [5.74, 6) is 1.11. The van der Waals surface area contributed by atoms with Gasteiger partial charge in [-0.2, -0.15) is 5.10 Å². The molecule has 1 N–H and O–H groups in total. The average molecular weight is 476 g/mol. The van der Waals surface area contributed by atoms with E-state index in [4.69, 9.17) is 26.2 Å². The highest BCUT2D eigenvalue weighted by atomic mass is 35.5. The Bertz CT molecular complexity index is 1190. The lowest BCUT2D eigenvalue weighted by atomic mass is 9.77. The summed E-state index contributed by atoms with van der Waals surface area (Å²) in [7, 11) is 1.67. The number of carbonyl (C=O) groups excluding carboxylic acids is 1. The molecule has 1 aliphatic heterocycles. The number of methoxy groups -OCH3 is 1. The summed E-state index contributed by atoms with van der Waals surface area (Å²) >= 11 is 5.90. The molecular formula is C27H26ClN3O3. The van der Waals surface area contributed by atoms with Crippen LogP contribution in [0.15, 0.2) is 77.9 Å². The third-order valence-electron chi connectivity index (χ3n) is 6.41. The minimum atomic E-state index is -0.502. The fraction of sp³-hybridized carbons (Fsp3) is 0.259. The summed E-state index contributed by atoms with van der Waals surface area (Å²) in [5.41, 5.74) is 5.49. The lowest BCUT2D eigenvalue weighted by molar-refractivity contribution is 0.121. The number of amides is 1. The quantitative estimate of drug-likeness (QED) is 0.480. The van der Waals surface area contributed by atoms with Crippen molar-refractivity contribution < 1.29 is 14.3 Å². The number of fused-ring (bicyclic) bond motifs is 3. The van der Waals surface area contributed by atoms with Gasteiger partial charge in [0.15, 0.2) is 0 Å². The van der Waals surface area contributed by atoms with Gasteiger partial charge in [0, 0.05) is 22.2 Å². The fourth-order valence-electron chi connectivity index (χ4n) is 4.79. The Morgan fingerprint density at radius 2 is 1.85 bits per heavy atom. The Balaban J connectivity index is 1.32. The van der Waals surface area contributed by atoms with Gasteiger partial charge >= 0.3 is 6.09 Å². The molecule has 7 heteroatoms. The highest BCUT2D eigenvalue weighted by Gasteiger charge is 2.41. The number of halogens is 1. The van der Waals surface area contributed by atoms with Crippen molar-refractivity contribution in [1.29, 1.82) is 0 Å². The van der Waals surface area contributed by atoms with Crippen LogP contribution in [-0.2, 0) is 11.2 Å². The molecule has 34 heavy (non-hydrogen) atoms. The smallest absolute Gasteiger partial charge is 0.411 e. The molecule has 0 fully saturated rings. The van der Waals surface area contributed by atoms with Gasteiger partial charge < -0.3 is 9.47 Å².